The average molecular weight is 522 g/mol. The number of carbonyl (C=O) groups is 1. The summed E-state index contributed by atoms with van der Waals surface area (Å²) in [4.78, 5) is 13.8. The van der Waals surface area contributed by atoms with Gasteiger partial charge in [0, 0.05) is 23.1 Å². The Morgan fingerprint density at radius 1 is 1.00 bits per heavy atom. The van der Waals surface area contributed by atoms with Crippen LogP contribution in [0.4, 0.5) is 13.2 Å². The largest absolute Gasteiger partial charge is 0.573 e. The number of halogens is 4. The number of carboxylic acids is 1. The minimum Gasteiger partial charge on any atom is -0.481 e. The highest BCUT2D eigenvalue weighted by Gasteiger charge is 2.33. The molecule has 3 aromatic rings. The molecule has 174 valence electrons. The molecule has 0 aliphatic rings. The van der Waals surface area contributed by atoms with E-state index in [0.29, 0.717) is 16.6 Å². The minimum absolute atomic E-state index is 0.221. The van der Waals surface area contributed by atoms with Gasteiger partial charge in [0.25, 0.3) is 0 Å². The van der Waals surface area contributed by atoms with Gasteiger partial charge in [-0.1, -0.05) is 76.6 Å². The van der Waals surface area contributed by atoms with Crippen molar-refractivity contribution < 1.29 is 27.8 Å². The van der Waals surface area contributed by atoms with E-state index in [2.05, 4.69) is 20.7 Å². The lowest BCUT2D eigenvalue weighted by Crippen LogP contribution is -2.33. The Labute approximate surface area is 198 Å². The molecule has 0 saturated heterocycles. The highest BCUT2D eigenvalue weighted by molar-refractivity contribution is 9.10. The quantitative estimate of drug-likeness (QED) is 0.325. The standard InChI is InChI=1S/C25H23BrF3NO3/c1-17(19-10-6-3-7-11-19)30(16-18-8-4-2-5-9-18)23(15-24(31)32)20-12-21(26)14-22(13-20)33-25(27,28)29/h2-14,17,23H,15-16H2,1H3,(H,31,32)/t17-,23?/m1/s1. The summed E-state index contributed by atoms with van der Waals surface area (Å²) in [6.07, 6.45) is -5.16. The van der Waals surface area contributed by atoms with Crippen molar-refractivity contribution in [3.05, 3.63) is 100 Å². The fourth-order valence-corrected chi connectivity index (χ4v) is 4.29. The van der Waals surface area contributed by atoms with Gasteiger partial charge < -0.3 is 9.84 Å². The molecule has 0 saturated carbocycles. The molecule has 0 fully saturated rings. The first-order valence-corrected chi connectivity index (χ1v) is 11.0. The first-order valence-electron chi connectivity index (χ1n) is 10.2. The fourth-order valence-electron chi connectivity index (χ4n) is 3.80. The van der Waals surface area contributed by atoms with Crippen LogP contribution >= 0.6 is 15.9 Å². The van der Waals surface area contributed by atoms with Crippen molar-refractivity contribution in [2.45, 2.75) is 38.3 Å². The maximum Gasteiger partial charge on any atom is 0.573 e. The zero-order valence-corrected chi connectivity index (χ0v) is 19.4. The number of aliphatic carboxylic acids is 1. The molecule has 4 nitrogen and oxygen atoms in total. The topological polar surface area (TPSA) is 49.8 Å². The second kappa shape index (κ2) is 10.9. The second-order valence-corrected chi connectivity index (χ2v) is 8.54. The molecule has 0 aliphatic carbocycles. The summed E-state index contributed by atoms with van der Waals surface area (Å²) in [5.41, 5.74) is 2.33. The Kier molecular flexibility index (Phi) is 8.15. The van der Waals surface area contributed by atoms with E-state index in [1.807, 2.05) is 72.5 Å². The van der Waals surface area contributed by atoms with Gasteiger partial charge in [0.05, 0.1) is 6.42 Å². The van der Waals surface area contributed by atoms with Gasteiger partial charge in [0.2, 0.25) is 0 Å². The highest BCUT2D eigenvalue weighted by atomic mass is 79.9. The Morgan fingerprint density at radius 2 is 1.61 bits per heavy atom. The maximum atomic E-state index is 12.9. The van der Waals surface area contributed by atoms with Crippen molar-refractivity contribution in [3.8, 4) is 5.75 Å². The van der Waals surface area contributed by atoms with E-state index in [1.54, 1.807) is 6.07 Å². The van der Waals surface area contributed by atoms with E-state index in [0.717, 1.165) is 11.1 Å². The van der Waals surface area contributed by atoms with Crippen molar-refractivity contribution in [2.75, 3.05) is 0 Å². The predicted octanol–water partition coefficient (Wildman–Crippen LogP) is 7.13. The molecule has 0 bridgehead atoms. The molecule has 3 aromatic carbocycles. The molecule has 8 heteroatoms. The summed E-state index contributed by atoms with van der Waals surface area (Å²) in [5, 5.41) is 9.69. The lowest BCUT2D eigenvalue weighted by Gasteiger charge is -2.37. The molecule has 0 heterocycles. The first-order chi connectivity index (χ1) is 15.6. The van der Waals surface area contributed by atoms with Crippen LogP contribution < -0.4 is 4.74 Å². The number of benzene rings is 3. The van der Waals surface area contributed by atoms with Gasteiger partial charge in [-0.3, -0.25) is 9.69 Å². The zero-order chi connectivity index (χ0) is 24.0. The lowest BCUT2D eigenvalue weighted by atomic mass is 9.96. The second-order valence-electron chi connectivity index (χ2n) is 7.63. The summed E-state index contributed by atoms with van der Waals surface area (Å²) in [6, 6.07) is 22.3. The van der Waals surface area contributed by atoms with Crippen molar-refractivity contribution in [2.24, 2.45) is 0 Å². The number of rotatable bonds is 9. The van der Waals surface area contributed by atoms with Crippen molar-refractivity contribution in [3.63, 3.8) is 0 Å². The summed E-state index contributed by atoms with van der Waals surface area (Å²) >= 11 is 3.24. The van der Waals surface area contributed by atoms with E-state index in [1.165, 1.54) is 12.1 Å². The van der Waals surface area contributed by atoms with Crippen LogP contribution in [0.1, 0.15) is 42.1 Å². The van der Waals surface area contributed by atoms with Gasteiger partial charge >= 0.3 is 12.3 Å². The van der Waals surface area contributed by atoms with Crippen LogP contribution in [0, 0.1) is 0 Å². The molecule has 0 spiro atoms. The minimum atomic E-state index is -4.86. The first kappa shape index (κ1) is 24.8. The number of ether oxygens (including phenoxy) is 1. The number of carboxylic acid groups (broad SMARTS) is 1. The molecular weight excluding hydrogens is 499 g/mol. The van der Waals surface area contributed by atoms with Crippen LogP contribution in [0.2, 0.25) is 0 Å². The molecule has 3 rings (SSSR count). The van der Waals surface area contributed by atoms with Gasteiger partial charge in [-0.25, -0.2) is 0 Å². The highest BCUT2D eigenvalue weighted by Crippen LogP contribution is 2.38. The molecular formula is C25H23BrF3NO3. The van der Waals surface area contributed by atoms with Crippen molar-refractivity contribution in [1.29, 1.82) is 0 Å². The molecule has 0 aliphatic heterocycles. The fraction of sp³-hybridized carbons (Fsp3) is 0.240. The SMILES string of the molecule is C[C@H](c1ccccc1)N(Cc1ccccc1)C(CC(=O)O)c1cc(Br)cc(OC(F)(F)F)c1. The molecule has 1 N–H and O–H groups in total. The van der Waals surface area contributed by atoms with E-state index in [9.17, 15) is 23.1 Å². The molecule has 0 amide bonds. The van der Waals surface area contributed by atoms with Crippen LogP contribution in [0.3, 0.4) is 0 Å². The normalized spacial score (nSPS) is 13.5. The van der Waals surface area contributed by atoms with Crippen LogP contribution in [0.25, 0.3) is 0 Å². The van der Waals surface area contributed by atoms with Gasteiger partial charge in [-0.2, -0.15) is 0 Å². The van der Waals surface area contributed by atoms with Crippen LogP contribution in [0.15, 0.2) is 83.3 Å². The van der Waals surface area contributed by atoms with Crippen LogP contribution in [-0.4, -0.2) is 22.3 Å². The van der Waals surface area contributed by atoms with Crippen LogP contribution in [0.5, 0.6) is 5.75 Å². The summed E-state index contributed by atoms with van der Waals surface area (Å²) < 4.78 is 43.1. The Balaban J connectivity index is 2.08. The number of nitrogens with zero attached hydrogens (tertiary/aromatic N) is 1. The van der Waals surface area contributed by atoms with E-state index in [4.69, 9.17) is 0 Å². The Hall–Kier alpha value is -2.84. The monoisotopic (exact) mass is 521 g/mol. The van der Waals surface area contributed by atoms with Crippen LogP contribution in [-0.2, 0) is 11.3 Å². The van der Waals surface area contributed by atoms with Gasteiger partial charge in [-0.05, 0) is 41.8 Å². The van der Waals surface area contributed by atoms with E-state index < -0.39 is 24.1 Å². The number of hydrogen-bond donors (Lipinski definition) is 1. The van der Waals surface area contributed by atoms with Gasteiger partial charge in [-0.15, -0.1) is 13.2 Å². The molecule has 0 radical (unpaired) electrons. The molecule has 0 aromatic heterocycles. The van der Waals surface area contributed by atoms with Crippen molar-refractivity contribution in [1.82, 2.24) is 4.90 Å². The lowest BCUT2D eigenvalue weighted by molar-refractivity contribution is -0.274. The van der Waals surface area contributed by atoms with Gasteiger partial charge in [0.1, 0.15) is 5.75 Å². The smallest absolute Gasteiger partial charge is 0.481 e. The maximum absolute atomic E-state index is 12.9. The summed E-state index contributed by atoms with van der Waals surface area (Å²) in [7, 11) is 0. The van der Waals surface area contributed by atoms with Crippen molar-refractivity contribution >= 4 is 21.9 Å². The zero-order valence-electron chi connectivity index (χ0n) is 17.8. The van der Waals surface area contributed by atoms with E-state index >= 15 is 0 Å². The number of alkyl halides is 3. The predicted molar refractivity (Wildman–Crippen MR) is 123 cm³/mol. The summed E-state index contributed by atoms with van der Waals surface area (Å²) in [5.74, 6) is -1.47. The molecule has 1 unspecified atom stereocenters. The molecule has 33 heavy (non-hydrogen) atoms. The third kappa shape index (κ3) is 7.33. The molecule has 2 atom stereocenters. The summed E-state index contributed by atoms with van der Waals surface area (Å²) in [6.45, 7) is 2.36. The Bertz CT molecular complexity index is 1060. The average Bonchev–Trinajstić information content (AvgIpc) is 2.75. The third-order valence-corrected chi connectivity index (χ3v) is 5.73. The third-order valence-electron chi connectivity index (χ3n) is 5.27. The number of hydrogen-bond acceptors (Lipinski definition) is 3. The van der Waals surface area contributed by atoms with E-state index in [-0.39, 0.29) is 12.5 Å². The van der Waals surface area contributed by atoms with Gasteiger partial charge in [0.15, 0.2) is 0 Å². The Morgan fingerprint density at radius 3 is 2.18 bits per heavy atom.